The maximum atomic E-state index is 12.2. The van der Waals surface area contributed by atoms with E-state index in [-0.39, 0.29) is 17.3 Å². The number of sulfonamides is 1. The Labute approximate surface area is 130 Å². The third-order valence-corrected chi connectivity index (χ3v) is 4.87. The van der Waals surface area contributed by atoms with Gasteiger partial charge >= 0.3 is 0 Å². The van der Waals surface area contributed by atoms with E-state index in [2.05, 4.69) is 25.6 Å². The van der Waals surface area contributed by atoms with Gasteiger partial charge in [0.1, 0.15) is 0 Å². The highest BCUT2D eigenvalue weighted by atomic mass is 79.9. The quantitative estimate of drug-likeness (QED) is 0.859. The number of nitrogens with two attached hydrogens (primary N) is 1. The maximum Gasteiger partial charge on any atom is 0.263 e. The number of benzene rings is 1. The maximum absolute atomic E-state index is 12.2. The normalized spacial score (nSPS) is 11.3. The van der Waals surface area contributed by atoms with Gasteiger partial charge in [0, 0.05) is 17.8 Å². The molecule has 0 spiro atoms. The summed E-state index contributed by atoms with van der Waals surface area (Å²) in [7, 11) is -3.75. The van der Waals surface area contributed by atoms with E-state index in [1.807, 2.05) is 0 Å². The third-order valence-electron chi connectivity index (χ3n) is 2.54. The van der Waals surface area contributed by atoms with E-state index in [9.17, 15) is 8.42 Å². The van der Waals surface area contributed by atoms with Crippen molar-refractivity contribution in [2.75, 3.05) is 4.72 Å². The second-order valence-corrected chi connectivity index (χ2v) is 6.84. The summed E-state index contributed by atoms with van der Waals surface area (Å²) in [5.74, 6) is 0.214. The molecule has 5 nitrogen and oxygen atoms in total. The molecule has 0 saturated carbocycles. The van der Waals surface area contributed by atoms with Crippen LogP contribution in [0.15, 0.2) is 45.9 Å². The Kier molecular flexibility index (Phi) is 4.64. The first-order valence-electron chi connectivity index (χ1n) is 5.56. The Bertz CT molecular complexity index is 737. The summed E-state index contributed by atoms with van der Waals surface area (Å²) >= 11 is 9.20. The highest BCUT2D eigenvalue weighted by Gasteiger charge is 2.17. The van der Waals surface area contributed by atoms with E-state index < -0.39 is 10.0 Å². The molecule has 0 radical (unpaired) electrons. The SMILES string of the molecule is NCc1ccc(S(=O)(=O)Nc2ncccc2Br)cc1Cl. The molecule has 1 aromatic carbocycles. The number of hydrogen-bond donors (Lipinski definition) is 2. The number of rotatable bonds is 4. The molecule has 1 aromatic heterocycles. The minimum Gasteiger partial charge on any atom is -0.326 e. The van der Waals surface area contributed by atoms with Crippen molar-refractivity contribution < 1.29 is 8.42 Å². The number of pyridine rings is 1. The molecule has 0 amide bonds. The molecule has 0 bridgehead atoms. The van der Waals surface area contributed by atoms with Gasteiger partial charge in [0.2, 0.25) is 0 Å². The molecule has 0 atom stereocenters. The van der Waals surface area contributed by atoms with Gasteiger partial charge in [0.15, 0.2) is 5.82 Å². The first kappa shape index (κ1) is 15.2. The average molecular weight is 377 g/mol. The topological polar surface area (TPSA) is 85.1 Å². The number of anilines is 1. The molecule has 0 aliphatic carbocycles. The average Bonchev–Trinajstić information content (AvgIpc) is 2.41. The molecule has 2 aromatic rings. The summed E-state index contributed by atoms with van der Waals surface area (Å²) in [4.78, 5) is 4.01. The number of nitrogens with one attached hydrogen (secondary N) is 1. The van der Waals surface area contributed by atoms with E-state index in [0.717, 1.165) is 0 Å². The molecule has 0 unspecified atom stereocenters. The molecule has 0 aliphatic rings. The summed E-state index contributed by atoms with van der Waals surface area (Å²) < 4.78 is 27.4. The second kappa shape index (κ2) is 6.09. The Balaban J connectivity index is 2.36. The molecular formula is C12H11BrClN3O2S. The highest BCUT2D eigenvalue weighted by Crippen LogP contribution is 2.24. The van der Waals surface area contributed by atoms with Gasteiger partial charge in [-0.25, -0.2) is 13.4 Å². The van der Waals surface area contributed by atoms with Gasteiger partial charge in [-0.05, 0) is 45.8 Å². The monoisotopic (exact) mass is 375 g/mol. The zero-order valence-corrected chi connectivity index (χ0v) is 13.3. The lowest BCUT2D eigenvalue weighted by Crippen LogP contribution is -2.14. The van der Waals surface area contributed by atoms with Gasteiger partial charge in [0.25, 0.3) is 10.0 Å². The van der Waals surface area contributed by atoms with E-state index in [1.165, 1.54) is 18.3 Å². The van der Waals surface area contributed by atoms with Crippen molar-refractivity contribution in [3.63, 3.8) is 0 Å². The Morgan fingerprint density at radius 3 is 2.70 bits per heavy atom. The summed E-state index contributed by atoms with van der Waals surface area (Å²) in [5.41, 5.74) is 6.17. The van der Waals surface area contributed by atoms with Gasteiger partial charge in [-0.15, -0.1) is 0 Å². The second-order valence-electron chi connectivity index (χ2n) is 3.90. The van der Waals surface area contributed by atoms with Crippen LogP contribution in [-0.4, -0.2) is 13.4 Å². The summed E-state index contributed by atoms with van der Waals surface area (Å²) in [6.45, 7) is 0.248. The van der Waals surface area contributed by atoms with Crippen molar-refractivity contribution in [3.05, 3.63) is 51.6 Å². The Hall–Kier alpha value is -1.15. The van der Waals surface area contributed by atoms with Crippen molar-refractivity contribution >= 4 is 43.4 Å². The van der Waals surface area contributed by atoms with Crippen LogP contribution in [0.1, 0.15) is 5.56 Å². The minimum absolute atomic E-state index is 0.0530. The molecule has 3 N–H and O–H groups in total. The van der Waals surface area contributed by atoms with Crippen LogP contribution in [-0.2, 0) is 16.6 Å². The van der Waals surface area contributed by atoms with Gasteiger partial charge in [-0.1, -0.05) is 17.7 Å². The molecule has 0 fully saturated rings. The lowest BCUT2D eigenvalue weighted by molar-refractivity contribution is 0.601. The zero-order chi connectivity index (χ0) is 14.8. The Morgan fingerprint density at radius 1 is 1.35 bits per heavy atom. The van der Waals surface area contributed by atoms with Gasteiger partial charge in [0.05, 0.1) is 9.37 Å². The standard InChI is InChI=1S/C12H11BrClN3O2S/c13-10-2-1-5-16-12(10)17-20(18,19)9-4-3-8(7-15)11(14)6-9/h1-6H,7,15H2,(H,16,17). The molecule has 20 heavy (non-hydrogen) atoms. The summed E-state index contributed by atoms with van der Waals surface area (Å²) in [6, 6.07) is 7.78. The number of hydrogen-bond acceptors (Lipinski definition) is 4. The van der Waals surface area contributed by atoms with Crippen LogP contribution in [0, 0.1) is 0 Å². The summed E-state index contributed by atoms with van der Waals surface area (Å²) in [5, 5.41) is 0.315. The van der Waals surface area contributed by atoms with Gasteiger partial charge in [-0.3, -0.25) is 4.72 Å². The predicted octanol–water partition coefficient (Wildman–Crippen LogP) is 2.76. The van der Waals surface area contributed by atoms with Crippen molar-refractivity contribution in [2.45, 2.75) is 11.4 Å². The molecular weight excluding hydrogens is 366 g/mol. The van der Waals surface area contributed by atoms with Crippen molar-refractivity contribution in [2.24, 2.45) is 5.73 Å². The van der Waals surface area contributed by atoms with E-state index >= 15 is 0 Å². The smallest absolute Gasteiger partial charge is 0.263 e. The molecule has 1 heterocycles. The summed E-state index contributed by atoms with van der Waals surface area (Å²) in [6.07, 6.45) is 1.49. The number of halogens is 2. The van der Waals surface area contributed by atoms with Gasteiger partial charge < -0.3 is 5.73 Å². The van der Waals surface area contributed by atoms with Crippen LogP contribution in [0.4, 0.5) is 5.82 Å². The number of aromatic nitrogens is 1. The van der Waals surface area contributed by atoms with Gasteiger partial charge in [-0.2, -0.15) is 0 Å². The van der Waals surface area contributed by atoms with Crippen molar-refractivity contribution in [3.8, 4) is 0 Å². The van der Waals surface area contributed by atoms with Crippen molar-refractivity contribution in [1.29, 1.82) is 0 Å². The largest absolute Gasteiger partial charge is 0.326 e. The van der Waals surface area contributed by atoms with E-state index in [4.69, 9.17) is 17.3 Å². The van der Waals surface area contributed by atoms with Crippen LogP contribution < -0.4 is 10.5 Å². The zero-order valence-electron chi connectivity index (χ0n) is 10.2. The van der Waals surface area contributed by atoms with E-state index in [1.54, 1.807) is 18.2 Å². The predicted molar refractivity (Wildman–Crippen MR) is 82.1 cm³/mol. The fourth-order valence-electron chi connectivity index (χ4n) is 1.51. The molecule has 2 rings (SSSR count). The lowest BCUT2D eigenvalue weighted by atomic mass is 10.2. The fourth-order valence-corrected chi connectivity index (χ4v) is 3.37. The Morgan fingerprint density at radius 2 is 2.10 bits per heavy atom. The molecule has 106 valence electrons. The molecule has 8 heteroatoms. The number of nitrogens with zero attached hydrogens (tertiary/aromatic N) is 1. The van der Waals surface area contributed by atoms with Crippen LogP contribution in [0.2, 0.25) is 5.02 Å². The van der Waals surface area contributed by atoms with Crippen LogP contribution in [0.3, 0.4) is 0 Å². The first-order valence-corrected chi connectivity index (χ1v) is 8.21. The lowest BCUT2D eigenvalue weighted by Gasteiger charge is -2.10. The molecule has 0 saturated heterocycles. The van der Waals surface area contributed by atoms with Crippen LogP contribution >= 0.6 is 27.5 Å². The molecule has 0 aliphatic heterocycles. The minimum atomic E-state index is -3.75. The van der Waals surface area contributed by atoms with Crippen LogP contribution in [0.25, 0.3) is 0 Å². The third kappa shape index (κ3) is 3.29. The highest BCUT2D eigenvalue weighted by molar-refractivity contribution is 9.10. The fraction of sp³-hybridized carbons (Fsp3) is 0.0833. The van der Waals surface area contributed by atoms with E-state index in [0.29, 0.717) is 15.1 Å². The first-order chi connectivity index (χ1) is 9.44. The van der Waals surface area contributed by atoms with Crippen LogP contribution in [0.5, 0.6) is 0 Å². The van der Waals surface area contributed by atoms with Crippen molar-refractivity contribution in [1.82, 2.24) is 4.98 Å².